The number of ether oxygens (including phenoxy) is 2. The Morgan fingerprint density at radius 2 is 2.37 bits per heavy atom. The van der Waals surface area contributed by atoms with Crippen LogP contribution < -0.4 is 3.34 Å². The molecule has 19 heavy (non-hydrogen) atoms. The Hall–Kier alpha value is 1.96. The zero-order chi connectivity index (χ0) is 13.5. The third kappa shape index (κ3) is 6.30. The second-order valence-corrected chi connectivity index (χ2v) is 18.7. The molecule has 1 aromatic heterocycles. The van der Waals surface area contributed by atoms with E-state index in [0.29, 0.717) is 29.0 Å². The molecular formula is C12H18O2SSe4. The van der Waals surface area contributed by atoms with Crippen molar-refractivity contribution in [3.63, 3.8) is 0 Å². The van der Waals surface area contributed by atoms with E-state index in [9.17, 15) is 0 Å². The van der Waals surface area contributed by atoms with E-state index in [0.717, 1.165) is 40.3 Å². The zero-order valence-electron chi connectivity index (χ0n) is 10.9. The number of hydrogen-bond donors (Lipinski definition) is 0. The van der Waals surface area contributed by atoms with Crippen LogP contribution in [-0.4, -0.2) is 84.8 Å². The Bertz CT molecular complexity index is 426. The van der Waals surface area contributed by atoms with E-state index in [1.54, 1.807) is 8.92 Å². The van der Waals surface area contributed by atoms with E-state index in [1.165, 1.54) is 18.2 Å². The summed E-state index contributed by atoms with van der Waals surface area (Å²) in [6, 6.07) is 0. The van der Waals surface area contributed by atoms with Gasteiger partial charge >= 0.3 is 146 Å². The minimum atomic E-state index is 0.0719. The standard InChI is InChI=1S/C12H18O2SSe4/c1-2-17-11-10(18-12(16)19-11)15-8-7-14-9-5-3-4-6-13-9/h9H,2-8H2,1H3. The van der Waals surface area contributed by atoms with Crippen molar-refractivity contribution in [1.82, 2.24) is 0 Å². The van der Waals surface area contributed by atoms with E-state index in [2.05, 4.69) is 22.5 Å². The first-order valence-electron chi connectivity index (χ1n) is 6.42. The maximum absolute atomic E-state index is 5.80. The summed E-state index contributed by atoms with van der Waals surface area (Å²) in [7, 11) is 0. The molecular weight excluding hydrogens is 524 g/mol. The van der Waals surface area contributed by atoms with Crippen LogP contribution in [0.3, 0.4) is 0 Å². The van der Waals surface area contributed by atoms with Crippen LogP contribution in [0.1, 0.15) is 26.2 Å². The van der Waals surface area contributed by atoms with Gasteiger partial charge in [-0.15, -0.1) is 0 Å². The van der Waals surface area contributed by atoms with Crippen LogP contribution in [0.15, 0.2) is 3.77 Å². The average molecular weight is 542 g/mol. The van der Waals surface area contributed by atoms with E-state index in [1.807, 2.05) is 11.8 Å². The van der Waals surface area contributed by atoms with Gasteiger partial charge in [0.15, 0.2) is 0 Å². The van der Waals surface area contributed by atoms with E-state index >= 15 is 0 Å². The van der Waals surface area contributed by atoms with Gasteiger partial charge < -0.3 is 0 Å². The topological polar surface area (TPSA) is 18.5 Å². The van der Waals surface area contributed by atoms with Gasteiger partial charge in [0.25, 0.3) is 0 Å². The predicted molar refractivity (Wildman–Crippen MR) is 85.5 cm³/mol. The molecule has 0 bridgehead atoms. The molecule has 0 spiro atoms. The Labute approximate surface area is 145 Å². The fourth-order valence-electron chi connectivity index (χ4n) is 1.72. The van der Waals surface area contributed by atoms with Crippen molar-refractivity contribution in [3.05, 3.63) is 1.81 Å². The Kier molecular flexibility index (Phi) is 8.99. The normalized spacial score (nSPS) is 19.7. The summed E-state index contributed by atoms with van der Waals surface area (Å²) in [5, 5.41) is 1.34. The number of hydrogen-bond acceptors (Lipinski definition) is 3. The van der Waals surface area contributed by atoms with Crippen molar-refractivity contribution in [2.24, 2.45) is 0 Å². The van der Waals surface area contributed by atoms with Crippen LogP contribution in [0.5, 0.6) is 0 Å². The van der Waals surface area contributed by atoms with Crippen molar-refractivity contribution in [3.8, 4) is 0 Å². The van der Waals surface area contributed by atoms with Gasteiger partial charge in [0.2, 0.25) is 0 Å². The summed E-state index contributed by atoms with van der Waals surface area (Å²) in [5.41, 5.74) is 0. The van der Waals surface area contributed by atoms with Crippen LogP contribution in [0.4, 0.5) is 0 Å². The molecule has 2 nitrogen and oxygen atoms in total. The Morgan fingerprint density at radius 1 is 1.47 bits per heavy atom. The number of rotatable bonds is 7. The van der Waals surface area contributed by atoms with Crippen LogP contribution in [0, 0.1) is 1.81 Å². The van der Waals surface area contributed by atoms with Gasteiger partial charge in [0.1, 0.15) is 0 Å². The second-order valence-electron chi connectivity index (χ2n) is 3.98. The van der Waals surface area contributed by atoms with Crippen LogP contribution in [0.2, 0.25) is 5.32 Å². The molecule has 0 radical (unpaired) electrons. The molecule has 0 aliphatic carbocycles. The zero-order valence-corrected chi connectivity index (χ0v) is 18.6. The van der Waals surface area contributed by atoms with Crippen molar-refractivity contribution < 1.29 is 9.47 Å². The van der Waals surface area contributed by atoms with E-state index in [4.69, 9.17) is 9.47 Å². The summed E-state index contributed by atoms with van der Waals surface area (Å²) in [6.45, 7) is 4.01. The van der Waals surface area contributed by atoms with Crippen molar-refractivity contribution >= 4 is 74.6 Å². The molecule has 1 aromatic rings. The monoisotopic (exact) mass is 546 g/mol. The molecule has 108 valence electrons. The Balaban J connectivity index is 1.71. The van der Waals surface area contributed by atoms with Gasteiger partial charge in [-0.25, -0.2) is 0 Å². The molecule has 0 amide bonds. The third-order valence-corrected chi connectivity index (χ3v) is 16.2. The van der Waals surface area contributed by atoms with Crippen LogP contribution in [0.25, 0.3) is 0 Å². The summed E-state index contributed by atoms with van der Waals surface area (Å²) in [5.74, 6) is 1.09. The van der Waals surface area contributed by atoms with Crippen molar-refractivity contribution in [2.75, 3.05) is 19.0 Å². The molecule has 0 aromatic carbocycles. The SMILES string of the molecule is CC[Se]c1[se]c(=[Se])[se]c1SCCOC1CCCCO1. The van der Waals surface area contributed by atoms with Crippen LogP contribution in [-0.2, 0) is 9.47 Å². The first-order valence-corrected chi connectivity index (χ1v) is 13.8. The van der Waals surface area contributed by atoms with Gasteiger partial charge in [-0.2, -0.15) is 0 Å². The Morgan fingerprint density at radius 3 is 3.11 bits per heavy atom. The quantitative estimate of drug-likeness (QED) is 0.290. The van der Waals surface area contributed by atoms with Crippen molar-refractivity contribution in [1.29, 1.82) is 0 Å². The molecule has 1 aliphatic rings. The van der Waals surface area contributed by atoms with Gasteiger partial charge in [-0.05, 0) is 0 Å². The summed E-state index contributed by atoms with van der Waals surface area (Å²) in [4.78, 5) is 0. The van der Waals surface area contributed by atoms with Crippen LogP contribution >= 0.6 is 11.8 Å². The van der Waals surface area contributed by atoms with Crippen molar-refractivity contribution in [2.45, 2.75) is 41.6 Å². The van der Waals surface area contributed by atoms with Gasteiger partial charge in [0, 0.05) is 0 Å². The second kappa shape index (κ2) is 9.87. The number of thioether (sulfide) groups is 1. The fourth-order valence-corrected chi connectivity index (χ4v) is 19.8. The van der Waals surface area contributed by atoms with E-state index in [-0.39, 0.29) is 6.29 Å². The van der Waals surface area contributed by atoms with Gasteiger partial charge in [-0.3, -0.25) is 0 Å². The average Bonchev–Trinajstić information content (AvgIpc) is 2.77. The molecule has 7 heteroatoms. The third-order valence-electron chi connectivity index (χ3n) is 2.55. The first-order chi connectivity index (χ1) is 9.29. The summed E-state index contributed by atoms with van der Waals surface area (Å²) in [6.07, 6.45) is 3.59. The van der Waals surface area contributed by atoms with E-state index < -0.39 is 0 Å². The van der Waals surface area contributed by atoms with Gasteiger partial charge in [0.05, 0.1) is 0 Å². The molecule has 1 aliphatic heterocycles. The first kappa shape index (κ1) is 17.3. The summed E-state index contributed by atoms with van der Waals surface area (Å²) >= 11 is 7.35. The fraction of sp³-hybridized carbons (Fsp3) is 0.750. The predicted octanol–water partition coefficient (Wildman–Crippen LogP) is 0.904. The van der Waals surface area contributed by atoms with Gasteiger partial charge in [-0.1, -0.05) is 0 Å². The summed E-state index contributed by atoms with van der Waals surface area (Å²) < 4.78 is 16.5. The molecule has 2 rings (SSSR count). The molecule has 2 heterocycles. The minimum absolute atomic E-state index is 0.0719. The molecule has 0 N–H and O–H groups in total. The molecule has 0 saturated carbocycles. The molecule has 1 fully saturated rings. The maximum atomic E-state index is 5.80. The molecule has 1 saturated heterocycles. The molecule has 1 atom stereocenters. The molecule has 1 unspecified atom stereocenters.